The summed E-state index contributed by atoms with van der Waals surface area (Å²) in [5, 5.41) is 21.7. The molecule has 31 heavy (non-hydrogen) atoms. The molecule has 0 aliphatic heterocycles. The molecule has 0 bridgehead atoms. The van der Waals surface area contributed by atoms with Crippen LogP contribution in [0.5, 0.6) is 5.75 Å². The Balaban J connectivity index is 1.45. The van der Waals surface area contributed by atoms with E-state index in [0.717, 1.165) is 10.9 Å². The summed E-state index contributed by atoms with van der Waals surface area (Å²) in [5.74, 6) is 0.748. The van der Waals surface area contributed by atoms with Crippen molar-refractivity contribution in [2.45, 2.75) is 20.0 Å². The molecule has 1 heterocycles. The number of hydrogen-bond donors (Lipinski definition) is 4. The first-order valence-corrected chi connectivity index (χ1v) is 12.0. The fourth-order valence-electron chi connectivity index (χ4n) is 3.12. The maximum Gasteiger partial charge on any atom is 0.232 e. The van der Waals surface area contributed by atoms with Crippen molar-refractivity contribution in [1.82, 2.24) is 15.5 Å². The van der Waals surface area contributed by atoms with E-state index in [-0.39, 0.29) is 11.7 Å². The van der Waals surface area contributed by atoms with E-state index in [1.165, 1.54) is 0 Å². The molecule has 2 aromatic carbocycles. The molecule has 4 N–H and O–H groups in total. The van der Waals surface area contributed by atoms with Gasteiger partial charge in [-0.2, -0.15) is 5.10 Å². The molecule has 1 atom stereocenters. The lowest BCUT2D eigenvalue weighted by Gasteiger charge is -2.15. The van der Waals surface area contributed by atoms with Crippen LogP contribution in [0, 0.1) is 5.92 Å². The van der Waals surface area contributed by atoms with Gasteiger partial charge in [0, 0.05) is 30.2 Å². The Morgan fingerprint density at radius 2 is 2.03 bits per heavy atom. The van der Waals surface area contributed by atoms with Crippen molar-refractivity contribution >= 4 is 38.2 Å². The molecule has 3 aromatic rings. The second-order valence-corrected chi connectivity index (χ2v) is 9.83. The lowest BCUT2D eigenvalue weighted by molar-refractivity contribution is 0.172. The number of hydrogen-bond acceptors (Lipinski definition) is 6. The minimum atomic E-state index is -3.42. The molecule has 0 fully saturated rings. The summed E-state index contributed by atoms with van der Waals surface area (Å²) >= 11 is 5.99. The number of H-pyrrole nitrogens is 1. The number of fused-ring (bicyclic) bond motifs is 1. The second-order valence-electron chi connectivity index (χ2n) is 7.69. The fraction of sp³-hybridized carbons (Fsp3) is 0.381. The van der Waals surface area contributed by atoms with Crippen molar-refractivity contribution in [2.24, 2.45) is 5.92 Å². The van der Waals surface area contributed by atoms with Crippen LogP contribution >= 0.6 is 11.6 Å². The number of aliphatic hydroxyl groups is 1. The number of ether oxygens (including phenoxy) is 1. The Bertz CT molecular complexity index is 1120. The number of nitrogens with one attached hydrogen (secondary N) is 3. The molecule has 3 rings (SSSR count). The lowest BCUT2D eigenvalue weighted by Crippen LogP contribution is -2.26. The number of benzene rings is 2. The van der Waals surface area contributed by atoms with E-state index in [0.29, 0.717) is 41.8 Å². The summed E-state index contributed by atoms with van der Waals surface area (Å²) in [4.78, 5) is 0. The van der Waals surface area contributed by atoms with Crippen molar-refractivity contribution < 1.29 is 18.3 Å². The van der Waals surface area contributed by atoms with E-state index in [9.17, 15) is 13.5 Å². The van der Waals surface area contributed by atoms with Gasteiger partial charge in [-0.05, 0) is 35.7 Å². The summed E-state index contributed by atoms with van der Waals surface area (Å²) in [7, 11) is -3.42. The molecule has 0 saturated carbocycles. The molecule has 0 saturated heterocycles. The Hall–Kier alpha value is -2.33. The fourth-order valence-corrected chi connectivity index (χ4v) is 4.77. The average molecular weight is 467 g/mol. The smallest absolute Gasteiger partial charge is 0.232 e. The maximum absolute atomic E-state index is 12.1. The third kappa shape index (κ3) is 6.83. The average Bonchev–Trinajstić information content (AvgIpc) is 3.06. The molecule has 10 heteroatoms. The predicted octanol–water partition coefficient (Wildman–Crippen LogP) is 3.32. The van der Waals surface area contributed by atoms with Gasteiger partial charge in [-0.3, -0.25) is 9.82 Å². The van der Waals surface area contributed by atoms with E-state index in [1.807, 2.05) is 26.0 Å². The van der Waals surface area contributed by atoms with Crippen molar-refractivity contribution in [2.75, 3.05) is 30.2 Å². The van der Waals surface area contributed by atoms with Crippen molar-refractivity contribution in [3.8, 4) is 5.75 Å². The number of rotatable bonds is 11. The molecular formula is C21H27ClN4O4S. The Labute approximate surface area is 187 Å². The molecule has 1 unspecified atom stereocenters. The van der Waals surface area contributed by atoms with Gasteiger partial charge in [0.2, 0.25) is 10.0 Å². The maximum atomic E-state index is 12.1. The van der Waals surface area contributed by atoms with Gasteiger partial charge in [0.05, 0.1) is 17.4 Å². The van der Waals surface area contributed by atoms with Crippen LogP contribution in [0.15, 0.2) is 42.5 Å². The summed E-state index contributed by atoms with van der Waals surface area (Å²) in [6.45, 7) is 4.93. The first kappa shape index (κ1) is 23.3. The van der Waals surface area contributed by atoms with Crippen molar-refractivity contribution in [3.05, 3.63) is 53.2 Å². The Morgan fingerprint density at radius 1 is 1.23 bits per heavy atom. The first-order chi connectivity index (χ1) is 14.7. The van der Waals surface area contributed by atoms with E-state index < -0.39 is 16.1 Å². The summed E-state index contributed by atoms with van der Waals surface area (Å²) in [6.07, 6.45) is -0.780. The van der Waals surface area contributed by atoms with Crippen LogP contribution in [0.2, 0.25) is 5.15 Å². The van der Waals surface area contributed by atoms with Gasteiger partial charge in [-0.15, -0.1) is 0 Å². The minimum Gasteiger partial charge on any atom is -0.492 e. The second kappa shape index (κ2) is 10.3. The molecule has 0 spiro atoms. The standard InChI is InChI=1S/C21H27ClN4O4S/c1-14(2)13-31(28,29)26-16-5-3-4-15(10-16)20(27)12-23-8-9-30-17-6-7-18-19(11-17)24-25-21(18)22/h3-7,10-11,14,20,23,26-27H,8-9,12-13H2,1-2H3,(H,24,25). The number of aromatic nitrogens is 2. The lowest BCUT2D eigenvalue weighted by atomic mass is 10.1. The molecule has 0 aliphatic carbocycles. The highest BCUT2D eigenvalue weighted by Crippen LogP contribution is 2.24. The number of halogens is 1. The van der Waals surface area contributed by atoms with E-state index in [2.05, 4.69) is 20.2 Å². The van der Waals surface area contributed by atoms with Gasteiger partial charge in [0.15, 0.2) is 0 Å². The van der Waals surface area contributed by atoms with Gasteiger partial charge < -0.3 is 15.2 Å². The summed E-state index contributed by atoms with van der Waals surface area (Å²) in [5.41, 5.74) is 1.79. The van der Waals surface area contributed by atoms with E-state index in [4.69, 9.17) is 16.3 Å². The first-order valence-electron chi connectivity index (χ1n) is 9.99. The summed E-state index contributed by atoms with van der Waals surface area (Å²) < 4.78 is 32.5. The zero-order valence-electron chi connectivity index (χ0n) is 17.4. The number of aliphatic hydroxyl groups excluding tert-OH is 1. The highest BCUT2D eigenvalue weighted by Gasteiger charge is 2.14. The monoisotopic (exact) mass is 466 g/mol. The number of nitrogens with zero attached hydrogens (tertiary/aromatic N) is 1. The van der Waals surface area contributed by atoms with Gasteiger partial charge in [-0.25, -0.2) is 8.42 Å². The van der Waals surface area contributed by atoms with Crippen LogP contribution in [0.25, 0.3) is 10.9 Å². The number of aromatic amines is 1. The van der Waals surface area contributed by atoms with Gasteiger partial charge in [-0.1, -0.05) is 37.6 Å². The van der Waals surface area contributed by atoms with E-state index in [1.54, 1.807) is 30.3 Å². The molecular weight excluding hydrogens is 440 g/mol. The molecule has 0 radical (unpaired) electrons. The van der Waals surface area contributed by atoms with E-state index >= 15 is 0 Å². The van der Waals surface area contributed by atoms with Gasteiger partial charge >= 0.3 is 0 Å². The van der Waals surface area contributed by atoms with Crippen LogP contribution in [0.1, 0.15) is 25.5 Å². The predicted molar refractivity (Wildman–Crippen MR) is 123 cm³/mol. The number of sulfonamides is 1. The topological polar surface area (TPSA) is 116 Å². The quantitative estimate of drug-likeness (QED) is 0.322. The van der Waals surface area contributed by atoms with Crippen LogP contribution in [-0.2, 0) is 10.0 Å². The van der Waals surface area contributed by atoms with Crippen LogP contribution in [0.3, 0.4) is 0 Å². The van der Waals surface area contributed by atoms with Crippen LogP contribution < -0.4 is 14.8 Å². The molecule has 0 amide bonds. The highest BCUT2D eigenvalue weighted by atomic mass is 35.5. The highest BCUT2D eigenvalue weighted by molar-refractivity contribution is 7.92. The normalized spacial score (nSPS) is 12.9. The molecule has 168 valence electrons. The molecule has 1 aromatic heterocycles. The largest absolute Gasteiger partial charge is 0.492 e. The van der Waals surface area contributed by atoms with Crippen molar-refractivity contribution in [1.29, 1.82) is 0 Å². The third-order valence-electron chi connectivity index (χ3n) is 4.46. The van der Waals surface area contributed by atoms with Crippen molar-refractivity contribution in [3.63, 3.8) is 0 Å². The van der Waals surface area contributed by atoms with Crippen LogP contribution in [0.4, 0.5) is 5.69 Å². The molecule has 8 nitrogen and oxygen atoms in total. The van der Waals surface area contributed by atoms with Gasteiger partial charge in [0.1, 0.15) is 17.5 Å². The Kier molecular flexibility index (Phi) is 7.77. The summed E-state index contributed by atoms with van der Waals surface area (Å²) in [6, 6.07) is 12.3. The van der Waals surface area contributed by atoms with Gasteiger partial charge in [0.25, 0.3) is 0 Å². The Morgan fingerprint density at radius 3 is 2.81 bits per heavy atom. The molecule has 0 aliphatic rings. The zero-order chi connectivity index (χ0) is 22.4. The minimum absolute atomic E-state index is 0.0247. The third-order valence-corrected chi connectivity index (χ3v) is 6.40. The zero-order valence-corrected chi connectivity index (χ0v) is 19.0. The SMILES string of the molecule is CC(C)CS(=O)(=O)Nc1cccc(C(O)CNCCOc2ccc3c(Cl)[nH]nc3c2)c1. The number of anilines is 1. The van der Waals surface area contributed by atoms with Crippen LogP contribution in [-0.4, -0.2) is 49.2 Å².